The Balaban J connectivity index is 1.88. The summed E-state index contributed by atoms with van der Waals surface area (Å²) in [5.41, 5.74) is 1.99. The van der Waals surface area contributed by atoms with E-state index in [1.165, 1.54) is 0 Å². The molecule has 38 heavy (non-hydrogen) atoms. The van der Waals surface area contributed by atoms with Gasteiger partial charge in [-0.05, 0) is 66.2 Å². The predicted molar refractivity (Wildman–Crippen MR) is 163 cm³/mol. The molecule has 5 aromatic rings. The van der Waals surface area contributed by atoms with E-state index in [9.17, 15) is 4.79 Å². The molecule has 0 saturated heterocycles. The van der Waals surface area contributed by atoms with Crippen LogP contribution < -0.4 is 21.2 Å². The zero-order chi connectivity index (χ0) is 26.4. The maximum Gasteiger partial charge on any atom is 0.258 e. The lowest BCUT2D eigenvalue weighted by Crippen LogP contribution is -2.38. The van der Waals surface area contributed by atoms with Gasteiger partial charge in [-0.15, -0.1) is 0 Å². The van der Waals surface area contributed by atoms with Gasteiger partial charge in [0.25, 0.3) is 5.91 Å². The first-order chi connectivity index (χ1) is 18.6. The van der Waals surface area contributed by atoms with Crippen molar-refractivity contribution in [1.82, 2.24) is 5.32 Å². The molecule has 0 saturated carbocycles. The third-order valence-electron chi connectivity index (χ3n) is 6.34. The second-order valence-electron chi connectivity index (χ2n) is 8.67. The standard InChI is InChI=1S/C33H24Cl2NOP/c34-27-23-21-25(22-24-27)31(35)33(36-32(37)26-13-5-1-6-14-26)38(28-15-7-2-8-16-28,29-17-9-3-10-18-29)30-19-11-4-12-20-30/h1-24H/p+1. The maximum atomic E-state index is 13.8. The van der Waals surface area contributed by atoms with E-state index < -0.39 is 7.26 Å². The van der Waals surface area contributed by atoms with Crippen LogP contribution in [0.2, 0.25) is 5.02 Å². The number of rotatable bonds is 7. The van der Waals surface area contributed by atoms with Crippen molar-refractivity contribution in [2.24, 2.45) is 0 Å². The Morgan fingerprint density at radius 3 is 1.34 bits per heavy atom. The van der Waals surface area contributed by atoms with Crippen LogP contribution in [0, 0.1) is 0 Å². The van der Waals surface area contributed by atoms with Crippen molar-refractivity contribution in [1.29, 1.82) is 0 Å². The molecule has 1 N–H and O–H groups in total. The van der Waals surface area contributed by atoms with Gasteiger partial charge in [-0.2, -0.15) is 0 Å². The summed E-state index contributed by atoms with van der Waals surface area (Å²) in [4.78, 5) is 13.8. The van der Waals surface area contributed by atoms with Crippen molar-refractivity contribution < 1.29 is 4.79 Å². The summed E-state index contributed by atoms with van der Waals surface area (Å²) in [5, 5.41) is 7.62. The van der Waals surface area contributed by atoms with Gasteiger partial charge >= 0.3 is 0 Å². The molecule has 0 atom stereocenters. The molecule has 0 aromatic heterocycles. The van der Waals surface area contributed by atoms with Gasteiger partial charge < -0.3 is 0 Å². The highest BCUT2D eigenvalue weighted by Gasteiger charge is 2.52. The fourth-order valence-electron chi connectivity index (χ4n) is 4.58. The normalized spacial score (nSPS) is 11.9. The van der Waals surface area contributed by atoms with Crippen LogP contribution in [-0.4, -0.2) is 5.91 Å². The molecule has 0 heterocycles. The minimum atomic E-state index is -2.69. The van der Waals surface area contributed by atoms with E-state index in [1.54, 1.807) is 12.1 Å². The second-order valence-corrected chi connectivity index (χ2v) is 12.8. The summed E-state index contributed by atoms with van der Waals surface area (Å²) in [6.07, 6.45) is 0. The smallest absolute Gasteiger partial charge is 0.258 e. The Kier molecular flexibility index (Phi) is 8.05. The average Bonchev–Trinajstić information content (AvgIpc) is 2.99. The Morgan fingerprint density at radius 1 is 0.526 bits per heavy atom. The van der Waals surface area contributed by atoms with E-state index in [1.807, 2.05) is 97.1 Å². The first kappa shape index (κ1) is 25.9. The van der Waals surface area contributed by atoms with E-state index in [4.69, 9.17) is 23.2 Å². The molecule has 0 spiro atoms. The summed E-state index contributed by atoms with van der Waals surface area (Å²) >= 11 is 13.6. The van der Waals surface area contributed by atoms with Gasteiger partial charge in [0.2, 0.25) is 0 Å². The molecule has 0 bridgehead atoms. The lowest BCUT2D eigenvalue weighted by molar-refractivity contribution is 0.0969. The van der Waals surface area contributed by atoms with Gasteiger partial charge in [-0.1, -0.05) is 108 Å². The monoisotopic (exact) mass is 552 g/mol. The first-order valence-electron chi connectivity index (χ1n) is 12.2. The van der Waals surface area contributed by atoms with Crippen molar-refractivity contribution in [3.63, 3.8) is 0 Å². The van der Waals surface area contributed by atoms with E-state index in [2.05, 4.69) is 41.7 Å². The Bertz CT molecular complexity index is 1440. The van der Waals surface area contributed by atoms with E-state index in [-0.39, 0.29) is 5.91 Å². The molecule has 5 aromatic carbocycles. The van der Waals surface area contributed by atoms with Crippen molar-refractivity contribution in [3.8, 4) is 0 Å². The topological polar surface area (TPSA) is 29.1 Å². The zero-order valence-electron chi connectivity index (χ0n) is 20.5. The Hall–Kier alpha value is -3.68. The van der Waals surface area contributed by atoms with Gasteiger partial charge in [0.1, 0.15) is 20.9 Å². The van der Waals surface area contributed by atoms with Gasteiger partial charge in [-0.3, -0.25) is 10.1 Å². The van der Waals surface area contributed by atoms with Crippen LogP contribution in [0.5, 0.6) is 0 Å². The quantitative estimate of drug-likeness (QED) is 0.206. The number of amides is 1. The highest BCUT2D eigenvalue weighted by atomic mass is 35.5. The number of hydrogen-bond acceptors (Lipinski definition) is 1. The van der Waals surface area contributed by atoms with E-state index in [0.717, 1.165) is 21.5 Å². The van der Waals surface area contributed by atoms with Crippen molar-refractivity contribution >= 4 is 57.3 Å². The molecule has 0 fully saturated rings. The summed E-state index contributed by atoms with van der Waals surface area (Å²) in [7, 11) is -2.69. The van der Waals surface area contributed by atoms with E-state index in [0.29, 0.717) is 21.1 Å². The van der Waals surface area contributed by atoms with E-state index >= 15 is 0 Å². The summed E-state index contributed by atoms with van der Waals surface area (Å²) in [5.74, 6) is -0.222. The summed E-state index contributed by atoms with van der Waals surface area (Å²) < 4.78 is 0. The Morgan fingerprint density at radius 2 is 0.921 bits per heavy atom. The summed E-state index contributed by atoms with van der Waals surface area (Å²) in [6.45, 7) is 0. The molecule has 1 amide bonds. The van der Waals surface area contributed by atoms with Gasteiger partial charge in [0, 0.05) is 10.6 Å². The Labute approximate surface area is 233 Å². The van der Waals surface area contributed by atoms with Crippen molar-refractivity contribution in [2.75, 3.05) is 0 Å². The molecule has 0 aliphatic heterocycles. The number of benzene rings is 5. The molecule has 0 unspecified atom stereocenters. The highest BCUT2D eigenvalue weighted by Crippen LogP contribution is 2.63. The van der Waals surface area contributed by atoms with Crippen LogP contribution in [-0.2, 0) is 0 Å². The molecule has 0 radical (unpaired) electrons. The number of nitrogens with one attached hydrogen (secondary N) is 1. The molecule has 186 valence electrons. The van der Waals surface area contributed by atoms with Gasteiger partial charge in [0.05, 0.1) is 0 Å². The SMILES string of the molecule is O=C(NC(=C(Cl)c1ccc(Cl)cc1)[P+](c1ccccc1)(c1ccccc1)c1ccccc1)c1ccccc1. The van der Waals surface area contributed by atoms with Crippen LogP contribution in [0.4, 0.5) is 0 Å². The minimum Gasteiger partial charge on any atom is -0.291 e. The fraction of sp³-hybridized carbons (Fsp3) is 0. The van der Waals surface area contributed by atoms with Gasteiger partial charge in [0.15, 0.2) is 12.7 Å². The molecule has 5 rings (SSSR count). The fourth-order valence-corrected chi connectivity index (χ4v) is 9.48. The molecule has 5 heteroatoms. The third-order valence-corrected chi connectivity index (χ3v) is 11.4. The molecule has 0 aliphatic rings. The predicted octanol–water partition coefficient (Wildman–Crippen LogP) is 7.63. The molecule has 0 aliphatic carbocycles. The van der Waals surface area contributed by atoms with Crippen LogP contribution in [0.25, 0.3) is 5.03 Å². The lowest BCUT2D eigenvalue weighted by atomic mass is 10.2. The van der Waals surface area contributed by atoms with Gasteiger partial charge in [-0.25, -0.2) is 0 Å². The highest BCUT2D eigenvalue weighted by molar-refractivity contribution is 7.99. The van der Waals surface area contributed by atoms with Crippen LogP contribution in [0.15, 0.2) is 151 Å². The molecular weight excluding hydrogens is 528 g/mol. The largest absolute Gasteiger partial charge is 0.291 e. The van der Waals surface area contributed by atoms with Crippen molar-refractivity contribution in [3.05, 3.63) is 167 Å². The number of carbonyl (C=O) groups excluding carboxylic acids is 1. The average molecular weight is 553 g/mol. The maximum absolute atomic E-state index is 13.8. The third kappa shape index (κ3) is 5.17. The molecule has 2 nitrogen and oxygen atoms in total. The van der Waals surface area contributed by atoms with Crippen LogP contribution in [0.3, 0.4) is 0 Å². The summed E-state index contributed by atoms with van der Waals surface area (Å²) in [6, 6.07) is 47.5. The van der Waals surface area contributed by atoms with Crippen LogP contribution in [0.1, 0.15) is 15.9 Å². The minimum absolute atomic E-state index is 0.222. The lowest BCUT2D eigenvalue weighted by Gasteiger charge is -2.30. The number of halogens is 2. The number of hydrogen-bond donors (Lipinski definition) is 1. The first-order valence-corrected chi connectivity index (χ1v) is 14.7. The number of carbonyl (C=O) groups is 1. The van der Waals surface area contributed by atoms with Crippen LogP contribution >= 0.6 is 30.5 Å². The molecular formula is C33H25Cl2NOP+. The zero-order valence-corrected chi connectivity index (χ0v) is 22.9. The second kappa shape index (κ2) is 11.8. The van der Waals surface area contributed by atoms with Crippen molar-refractivity contribution in [2.45, 2.75) is 0 Å².